The zero-order chi connectivity index (χ0) is 16.3. The molecule has 0 bridgehead atoms. The Morgan fingerprint density at radius 3 is 2.09 bits per heavy atom. The molecule has 0 aliphatic rings. The summed E-state index contributed by atoms with van der Waals surface area (Å²) in [5.74, 6) is 0. The molecular formula is C18H22N2O3. The summed E-state index contributed by atoms with van der Waals surface area (Å²) in [5.41, 5.74) is 7.67. The molecular weight excluding hydrogens is 292 g/mol. The standard InChI is InChI=1S/C18H22N2O3/c19-11-17(14-22-12-15-7-3-1-4-8-15)20-18(21)23-13-16-9-5-2-6-10-16/h1-10,17H,11-14,19H2,(H,20,21). The lowest BCUT2D eigenvalue weighted by Gasteiger charge is -2.17. The maximum absolute atomic E-state index is 11.8. The highest BCUT2D eigenvalue weighted by molar-refractivity contribution is 5.67. The maximum atomic E-state index is 11.8. The number of carbonyl (C=O) groups is 1. The second kappa shape index (κ2) is 9.61. The summed E-state index contributed by atoms with van der Waals surface area (Å²) in [6.45, 7) is 1.34. The second-order valence-electron chi connectivity index (χ2n) is 5.14. The highest BCUT2D eigenvalue weighted by atomic mass is 16.5. The van der Waals surface area contributed by atoms with Gasteiger partial charge in [-0.25, -0.2) is 4.79 Å². The number of nitrogens with two attached hydrogens (primary N) is 1. The number of amides is 1. The van der Waals surface area contributed by atoms with Crippen molar-refractivity contribution in [3.8, 4) is 0 Å². The van der Waals surface area contributed by atoms with Crippen molar-refractivity contribution in [2.75, 3.05) is 13.2 Å². The highest BCUT2D eigenvalue weighted by Crippen LogP contribution is 2.02. The summed E-state index contributed by atoms with van der Waals surface area (Å²) >= 11 is 0. The van der Waals surface area contributed by atoms with Crippen LogP contribution in [0.25, 0.3) is 0 Å². The van der Waals surface area contributed by atoms with Crippen LogP contribution in [0.3, 0.4) is 0 Å². The Morgan fingerprint density at radius 2 is 1.52 bits per heavy atom. The van der Waals surface area contributed by atoms with Crippen LogP contribution in [0.4, 0.5) is 4.79 Å². The number of alkyl carbamates (subject to hydrolysis) is 1. The molecule has 0 fully saturated rings. The van der Waals surface area contributed by atoms with Crippen molar-refractivity contribution in [2.24, 2.45) is 5.73 Å². The topological polar surface area (TPSA) is 73.6 Å². The number of ether oxygens (including phenoxy) is 2. The molecule has 0 aromatic heterocycles. The first kappa shape index (κ1) is 17.0. The number of benzene rings is 2. The van der Waals surface area contributed by atoms with Gasteiger partial charge in [0.15, 0.2) is 0 Å². The van der Waals surface area contributed by atoms with Gasteiger partial charge in [-0.1, -0.05) is 60.7 Å². The number of hydrogen-bond acceptors (Lipinski definition) is 4. The van der Waals surface area contributed by atoms with Crippen LogP contribution in [0, 0.1) is 0 Å². The highest BCUT2D eigenvalue weighted by Gasteiger charge is 2.12. The molecule has 0 saturated heterocycles. The van der Waals surface area contributed by atoms with Crippen LogP contribution in [0.5, 0.6) is 0 Å². The lowest BCUT2D eigenvalue weighted by molar-refractivity contribution is 0.0905. The Labute approximate surface area is 136 Å². The van der Waals surface area contributed by atoms with Crippen molar-refractivity contribution in [1.29, 1.82) is 0 Å². The number of carbonyl (C=O) groups excluding carboxylic acids is 1. The fourth-order valence-electron chi connectivity index (χ4n) is 1.99. The van der Waals surface area contributed by atoms with Gasteiger partial charge >= 0.3 is 6.09 Å². The predicted molar refractivity (Wildman–Crippen MR) is 88.7 cm³/mol. The molecule has 5 heteroatoms. The van der Waals surface area contributed by atoms with Gasteiger partial charge in [0.25, 0.3) is 0 Å². The smallest absolute Gasteiger partial charge is 0.407 e. The first-order chi connectivity index (χ1) is 11.3. The summed E-state index contributed by atoms with van der Waals surface area (Å²) in [5, 5.41) is 2.71. The largest absolute Gasteiger partial charge is 0.445 e. The fraction of sp³-hybridized carbons (Fsp3) is 0.278. The third kappa shape index (κ3) is 6.50. The van der Waals surface area contributed by atoms with Gasteiger partial charge in [0.05, 0.1) is 19.3 Å². The summed E-state index contributed by atoms with van der Waals surface area (Å²) in [6, 6.07) is 19.1. The minimum Gasteiger partial charge on any atom is -0.445 e. The van der Waals surface area contributed by atoms with E-state index < -0.39 is 6.09 Å². The van der Waals surface area contributed by atoms with Gasteiger partial charge in [-0.15, -0.1) is 0 Å². The van der Waals surface area contributed by atoms with Crippen LogP contribution < -0.4 is 11.1 Å². The molecule has 0 spiro atoms. The van der Waals surface area contributed by atoms with Gasteiger partial charge in [0, 0.05) is 6.54 Å². The summed E-state index contributed by atoms with van der Waals surface area (Å²) < 4.78 is 10.7. The van der Waals surface area contributed by atoms with E-state index in [2.05, 4.69) is 5.32 Å². The van der Waals surface area contributed by atoms with Crippen molar-refractivity contribution in [3.05, 3.63) is 71.8 Å². The van der Waals surface area contributed by atoms with Crippen molar-refractivity contribution in [1.82, 2.24) is 5.32 Å². The molecule has 1 atom stereocenters. The second-order valence-corrected chi connectivity index (χ2v) is 5.14. The van der Waals surface area contributed by atoms with Gasteiger partial charge in [-0.05, 0) is 11.1 Å². The van der Waals surface area contributed by atoms with Crippen LogP contribution in [-0.2, 0) is 22.7 Å². The monoisotopic (exact) mass is 314 g/mol. The Bertz CT molecular complexity index is 575. The minimum absolute atomic E-state index is 0.231. The first-order valence-corrected chi connectivity index (χ1v) is 7.57. The van der Waals surface area contributed by atoms with Crippen LogP contribution in [-0.4, -0.2) is 25.3 Å². The maximum Gasteiger partial charge on any atom is 0.407 e. The third-order valence-electron chi connectivity index (χ3n) is 3.25. The van der Waals surface area contributed by atoms with Crippen LogP contribution in [0.15, 0.2) is 60.7 Å². The van der Waals surface area contributed by atoms with E-state index in [1.54, 1.807) is 0 Å². The van der Waals surface area contributed by atoms with E-state index in [-0.39, 0.29) is 19.2 Å². The van der Waals surface area contributed by atoms with Crippen molar-refractivity contribution >= 4 is 6.09 Å². The zero-order valence-electron chi connectivity index (χ0n) is 13.0. The molecule has 0 aliphatic heterocycles. The number of nitrogens with one attached hydrogen (secondary N) is 1. The summed E-state index contributed by atoms with van der Waals surface area (Å²) in [4.78, 5) is 11.8. The van der Waals surface area contributed by atoms with E-state index >= 15 is 0 Å². The summed E-state index contributed by atoms with van der Waals surface area (Å²) in [6.07, 6.45) is -0.493. The minimum atomic E-state index is -0.493. The van der Waals surface area contributed by atoms with Gasteiger partial charge in [0.2, 0.25) is 0 Å². The van der Waals surface area contributed by atoms with Gasteiger partial charge in [-0.3, -0.25) is 0 Å². The fourth-order valence-corrected chi connectivity index (χ4v) is 1.99. The van der Waals surface area contributed by atoms with Crippen LogP contribution in [0.2, 0.25) is 0 Å². The number of rotatable bonds is 8. The van der Waals surface area contributed by atoms with Crippen LogP contribution >= 0.6 is 0 Å². The molecule has 0 radical (unpaired) electrons. The molecule has 2 rings (SSSR count). The van der Waals surface area contributed by atoms with E-state index in [0.717, 1.165) is 11.1 Å². The third-order valence-corrected chi connectivity index (χ3v) is 3.25. The molecule has 1 amide bonds. The Morgan fingerprint density at radius 1 is 0.957 bits per heavy atom. The average molecular weight is 314 g/mol. The van der Waals surface area contributed by atoms with E-state index in [1.807, 2.05) is 60.7 Å². The Balaban J connectivity index is 1.68. The molecule has 5 nitrogen and oxygen atoms in total. The molecule has 0 heterocycles. The van der Waals surface area contributed by atoms with Crippen molar-refractivity contribution in [2.45, 2.75) is 19.3 Å². The lowest BCUT2D eigenvalue weighted by Crippen LogP contribution is -2.43. The normalized spacial score (nSPS) is 11.7. The summed E-state index contributed by atoms with van der Waals surface area (Å²) in [7, 11) is 0. The molecule has 2 aromatic rings. The molecule has 1 unspecified atom stereocenters. The quantitative estimate of drug-likeness (QED) is 0.785. The lowest BCUT2D eigenvalue weighted by atomic mass is 10.2. The molecule has 122 valence electrons. The van der Waals surface area contributed by atoms with E-state index in [4.69, 9.17) is 15.2 Å². The van der Waals surface area contributed by atoms with Gasteiger partial charge in [0.1, 0.15) is 6.61 Å². The molecule has 3 N–H and O–H groups in total. The van der Waals surface area contributed by atoms with E-state index in [9.17, 15) is 4.79 Å². The zero-order valence-corrected chi connectivity index (χ0v) is 13.0. The molecule has 0 aliphatic carbocycles. The number of hydrogen-bond donors (Lipinski definition) is 2. The van der Waals surface area contributed by atoms with Crippen molar-refractivity contribution in [3.63, 3.8) is 0 Å². The average Bonchev–Trinajstić information content (AvgIpc) is 2.61. The Hall–Kier alpha value is -2.37. The SMILES string of the molecule is NCC(COCc1ccccc1)NC(=O)OCc1ccccc1. The van der Waals surface area contributed by atoms with Crippen LogP contribution in [0.1, 0.15) is 11.1 Å². The van der Waals surface area contributed by atoms with E-state index in [0.29, 0.717) is 13.2 Å². The molecule has 23 heavy (non-hydrogen) atoms. The predicted octanol–water partition coefficient (Wildman–Crippen LogP) is 2.46. The first-order valence-electron chi connectivity index (χ1n) is 7.57. The van der Waals surface area contributed by atoms with Gasteiger partial charge in [-0.2, -0.15) is 0 Å². The Kier molecular flexibility index (Phi) is 7.10. The molecule has 0 saturated carbocycles. The van der Waals surface area contributed by atoms with Gasteiger partial charge < -0.3 is 20.5 Å². The molecule has 2 aromatic carbocycles. The van der Waals surface area contributed by atoms with E-state index in [1.165, 1.54) is 0 Å². The van der Waals surface area contributed by atoms with Crippen molar-refractivity contribution < 1.29 is 14.3 Å².